The Hall–Kier alpha value is -0.990. The fourth-order valence-corrected chi connectivity index (χ4v) is 3.14. The van der Waals surface area contributed by atoms with Crippen molar-refractivity contribution in [1.82, 2.24) is 0 Å². The first-order valence-electron chi connectivity index (χ1n) is 6.07. The summed E-state index contributed by atoms with van der Waals surface area (Å²) in [6, 6.07) is 12.1. The summed E-state index contributed by atoms with van der Waals surface area (Å²) in [6.07, 6.45) is 0. The molecule has 0 aliphatic rings. The first-order valence-corrected chi connectivity index (χ1v) is 7.37. The maximum Gasteiger partial charge on any atom is 0.123 e. The summed E-state index contributed by atoms with van der Waals surface area (Å²) < 4.78 is 5.42. The Bertz CT molecular complexity index is 595. The van der Waals surface area contributed by atoms with Crippen molar-refractivity contribution < 1.29 is 4.74 Å². The molecule has 0 radical (unpaired) electrons. The molecule has 2 aromatic rings. The minimum absolute atomic E-state index is 0.0704. The van der Waals surface area contributed by atoms with Gasteiger partial charge in [0.25, 0.3) is 0 Å². The number of benzene rings is 2. The highest BCUT2D eigenvalue weighted by Gasteiger charge is 2.17. The third-order valence-electron chi connectivity index (χ3n) is 3.17. The van der Waals surface area contributed by atoms with Gasteiger partial charge in [0, 0.05) is 10.6 Å². The van der Waals surface area contributed by atoms with E-state index in [2.05, 4.69) is 48.0 Å². The van der Waals surface area contributed by atoms with Gasteiger partial charge in [0.15, 0.2) is 0 Å². The van der Waals surface area contributed by atoms with Crippen LogP contribution in [0.2, 0.25) is 5.02 Å². The van der Waals surface area contributed by atoms with Crippen molar-refractivity contribution in [3.8, 4) is 5.75 Å². The number of halogens is 2. The van der Waals surface area contributed by atoms with E-state index in [-0.39, 0.29) is 4.83 Å². The lowest BCUT2D eigenvalue weighted by Crippen LogP contribution is -1.99. The minimum Gasteiger partial charge on any atom is -0.496 e. The lowest BCUT2D eigenvalue weighted by atomic mass is 9.98. The second-order valence-corrected chi connectivity index (χ2v) is 5.96. The van der Waals surface area contributed by atoms with Gasteiger partial charge in [-0.3, -0.25) is 0 Å². The van der Waals surface area contributed by atoms with E-state index < -0.39 is 0 Å². The summed E-state index contributed by atoms with van der Waals surface area (Å²) >= 11 is 9.87. The van der Waals surface area contributed by atoms with Gasteiger partial charge >= 0.3 is 0 Å². The molecule has 1 nitrogen and oxygen atoms in total. The molecule has 19 heavy (non-hydrogen) atoms. The first-order chi connectivity index (χ1) is 9.02. The molecule has 1 unspecified atom stereocenters. The van der Waals surface area contributed by atoms with E-state index in [1.807, 2.05) is 18.2 Å². The van der Waals surface area contributed by atoms with Crippen molar-refractivity contribution in [1.29, 1.82) is 0 Å². The Labute approximate surface area is 127 Å². The molecule has 0 aliphatic heterocycles. The topological polar surface area (TPSA) is 9.23 Å². The highest BCUT2D eigenvalue weighted by molar-refractivity contribution is 9.09. The van der Waals surface area contributed by atoms with Crippen LogP contribution in [0.4, 0.5) is 0 Å². The lowest BCUT2D eigenvalue weighted by molar-refractivity contribution is 0.410. The maximum absolute atomic E-state index is 6.10. The van der Waals surface area contributed by atoms with E-state index in [4.69, 9.17) is 16.3 Å². The van der Waals surface area contributed by atoms with Crippen molar-refractivity contribution in [3.05, 3.63) is 63.7 Å². The molecule has 2 aromatic carbocycles. The number of alkyl halides is 1. The van der Waals surface area contributed by atoms with E-state index in [1.165, 1.54) is 16.7 Å². The van der Waals surface area contributed by atoms with E-state index in [0.29, 0.717) is 5.02 Å². The molecular formula is C16H16BrClO. The Morgan fingerprint density at radius 3 is 2.47 bits per heavy atom. The Morgan fingerprint density at radius 2 is 1.79 bits per heavy atom. The van der Waals surface area contributed by atoms with Crippen LogP contribution in [-0.2, 0) is 0 Å². The molecule has 0 saturated carbocycles. The quantitative estimate of drug-likeness (QED) is 0.676. The average molecular weight is 340 g/mol. The summed E-state index contributed by atoms with van der Waals surface area (Å²) in [6.45, 7) is 4.21. The maximum atomic E-state index is 6.10. The van der Waals surface area contributed by atoms with Crippen LogP contribution in [0.5, 0.6) is 5.75 Å². The number of methoxy groups -OCH3 is 1. The van der Waals surface area contributed by atoms with Gasteiger partial charge in [-0.2, -0.15) is 0 Å². The Morgan fingerprint density at radius 1 is 1.05 bits per heavy atom. The predicted octanol–water partition coefficient (Wildman–Crippen LogP) is 5.45. The zero-order valence-corrected chi connectivity index (χ0v) is 13.5. The summed E-state index contributed by atoms with van der Waals surface area (Å²) in [5.41, 5.74) is 4.77. The van der Waals surface area contributed by atoms with Crippen LogP contribution in [0.15, 0.2) is 36.4 Å². The van der Waals surface area contributed by atoms with E-state index >= 15 is 0 Å². The smallest absolute Gasteiger partial charge is 0.123 e. The second kappa shape index (κ2) is 5.98. The van der Waals surface area contributed by atoms with Crippen LogP contribution in [-0.4, -0.2) is 7.11 Å². The monoisotopic (exact) mass is 338 g/mol. The molecule has 2 rings (SSSR count). The SMILES string of the molecule is COc1ccc(Cl)cc1C(Br)c1cc(C)ccc1C. The van der Waals surface area contributed by atoms with Gasteiger partial charge < -0.3 is 4.74 Å². The van der Waals surface area contributed by atoms with Gasteiger partial charge in [0.2, 0.25) is 0 Å². The molecule has 0 fully saturated rings. The van der Waals surface area contributed by atoms with Gasteiger partial charge in [0.1, 0.15) is 5.75 Å². The average Bonchev–Trinajstić information content (AvgIpc) is 2.40. The molecule has 1 atom stereocenters. The molecule has 0 heterocycles. The molecular weight excluding hydrogens is 324 g/mol. The van der Waals surface area contributed by atoms with Gasteiger partial charge in [-0.1, -0.05) is 51.3 Å². The fraction of sp³-hybridized carbons (Fsp3) is 0.250. The zero-order valence-electron chi connectivity index (χ0n) is 11.2. The van der Waals surface area contributed by atoms with Crippen LogP contribution >= 0.6 is 27.5 Å². The van der Waals surface area contributed by atoms with Crippen molar-refractivity contribution in [2.75, 3.05) is 7.11 Å². The summed E-state index contributed by atoms with van der Waals surface area (Å²) in [7, 11) is 1.68. The van der Waals surface area contributed by atoms with Crippen LogP contribution in [0.3, 0.4) is 0 Å². The summed E-state index contributed by atoms with van der Waals surface area (Å²) in [5, 5.41) is 0.713. The van der Waals surface area contributed by atoms with Crippen molar-refractivity contribution in [3.63, 3.8) is 0 Å². The number of hydrogen-bond donors (Lipinski definition) is 0. The van der Waals surface area contributed by atoms with Crippen LogP contribution < -0.4 is 4.74 Å². The van der Waals surface area contributed by atoms with Gasteiger partial charge in [-0.15, -0.1) is 0 Å². The van der Waals surface area contributed by atoms with E-state index in [0.717, 1.165) is 11.3 Å². The fourth-order valence-electron chi connectivity index (χ4n) is 2.10. The molecule has 0 N–H and O–H groups in total. The van der Waals surface area contributed by atoms with E-state index in [9.17, 15) is 0 Å². The highest BCUT2D eigenvalue weighted by atomic mass is 79.9. The molecule has 3 heteroatoms. The normalized spacial score (nSPS) is 12.3. The van der Waals surface area contributed by atoms with Crippen LogP contribution in [0.25, 0.3) is 0 Å². The number of ether oxygens (including phenoxy) is 1. The number of hydrogen-bond acceptors (Lipinski definition) is 1. The Kier molecular flexibility index (Phi) is 4.54. The summed E-state index contributed by atoms with van der Waals surface area (Å²) in [4.78, 5) is 0.0704. The first kappa shape index (κ1) is 14.4. The molecule has 0 amide bonds. The van der Waals surface area contributed by atoms with E-state index in [1.54, 1.807) is 7.11 Å². The van der Waals surface area contributed by atoms with Gasteiger partial charge in [-0.05, 0) is 43.2 Å². The van der Waals surface area contributed by atoms with Gasteiger partial charge in [-0.25, -0.2) is 0 Å². The third kappa shape index (κ3) is 3.13. The van der Waals surface area contributed by atoms with Crippen molar-refractivity contribution in [2.45, 2.75) is 18.7 Å². The molecule has 0 bridgehead atoms. The Balaban J connectivity index is 2.51. The van der Waals surface area contributed by atoms with Crippen molar-refractivity contribution >= 4 is 27.5 Å². The molecule has 0 saturated heterocycles. The number of rotatable bonds is 3. The minimum atomic E-state index is 0.0704. The number of aryl methyl sites for hydroxylation is 2. The molecule has 0 aromatic heterocycles. The van der Waals surface area contributed by atoms with Gasteiger partial charge in [0.05, 0.1) is 11.9 Å². The largest absolute Gasteiger partial charge is 0.496 e. The summed E-state index contributed by atoms with van der Waals surface area (Å²) in [5.74, 6) is 0.840. The zero-order chi connectivity index (χ0) is 14.0. The molecule has 0 aliphatic carbocycles. The lowest BCUT2D eigenvalue weighted by Gasteiger charge is -2.17. The predicted molar refractivity (Wildman–Crippen MR) is 84.7 cm³/mol. The second-order valence-electron chi connectivity index (χ2n) is 4.61. The third-order valence-corrected chi connectivity index (χ3v) is 4.39. The highest BCUT2D eigenvalue weighted by Crippen LogP contribution is 2.39. The van der Waals surface area contributed by atoms with Crippen molar-refractivity contribution in [2.24, 2.45) is 0 Å². The standard InChI is InChI=1S/C16H16BrClO/c1-10-4-5-11(2)13(8-10)16(17)14-9-12(18)6-7-15(14)19-3/h4-9,16H,1-3H3. The van der Waals surface area contributed by atoms with Crippen LogP contribution in [0, 0.1) is 13.8 Å². The molecule has 100 valence electrons. The molecule has 0 spiro atoms. The van der Waals surface area contributed by atoms with Crippen LogP contribution in [0.1, 0.15) is 27.1 Å².